The van der Waals surface area contributed by atoms with E-state index in [2.05, 4.69) is 5.32 Å². The summed E-state index contributed by atoms with van der Waals surface area (Å²) >= 11 is 14.5. The van der Waals surface area contributed by atoms with Crippen molar-refractivity contribution in [2.75, 3.05) is 10.2 Å². The van der Waals surface area contributed by atoms with Crippen LogP contribution in [0.3, 0.4) is 0 Å². The number of hydrogen-bond donors (Lipinski definition) is 1. The van der Waals surface area contributed by atoms with Crippen LogP contribution in [0.25, 0.3) is 0 Å². The van der Waals surface area contributed by atoms with Gasteiger partial charge in [-0.05, 0) is 54.1 Å². The standard InChI is InChI=1S/C29H17Cl2F4N3O4S2/c30-18-6-2-5-17(22(18)31)20-21-23(26(41)38(25(21)40)16-4-1-3-13(11-16)29(33,34)35)43-27-24(20)44-28(42)37(27)12-19(39)36-15-9-7-14(32)8-10-15/h1-11,20-21,23H,12H2,(H,36,39)/t20-,21?,23?/m1/s1. The highest BCUT2D eigenvalue weighted by molar-refractivity contribution is 8.00. The molecule has 0 radical (unpaired) electrons. The lowest BCUT2D eigenvalue weighted by molar-refractivity contribution is -0.137. The van der Waals surface area contributed by atoms with Gasteiger partial charge in [0.2, 0.25) is 17.7 Å². The average molecular weight is 683 g/mol. The first-order chi connectivity index (χ1) is 20.8. The van der Waals surface area contributed by atoms with Crippen molar-refractivity contribution < 1.29 is 31.9 Å². The average Bonchev–Trinajstić information content (AvgIpc) is 3.41. The number of nitrogens with one attached hydrogen (secondary N) is 1. The second kappa shape index (κ2) is 11.4. The molecule has 0 saturated carbocycles. The summed E-state index contributed by atoms with van der Waals surface area (Å²) in [6.45, 7) is -0.470. The molecule has 0 spiro atoms. The first-order valence-electron chi connectivity index (χ1n) is 12.8. The maximum atomic E-state index is 14.0. The number of alkyl halides is 3. The zero-order valence-electron chi connectivity index (χ0n) is 21.9. The molecule has 2 aliphatic heterocycles. The number of aromatic nitrogens is 1. The summed E-state index contributed by atoms with van der Waals surface area (Å²) in [5.74, 6) is -4.78. The normalized spacial score (nSPS) is 19.6. The zero-order chi connectivity index (χ0) is 31.5. The maximum absolute atomic E-state index is 14.0. The fourth-order valence-corrected chi connectivity index (χ4v) is 8.49. The molecule has 4 aromatic rings. The molecule has 0 bridgehead atoms. The van der Waals surface area contributed by atoms with Gasteiger partial charge >= 0.3 is 11.0 Å². The molecule has 3 heterocycles. The molecule has 6 rings (SSSR count). The first-order valence-corrected chi connectivity index (χ1v) is 15.2. The minimum Gasteiger partial charge on any atom is -0.325 e. The number of carbonyl (C=O) groups is 3. The Morgan fingerprint density at radius 2 is 1.66 bits per heavy atom. The summed E-state index contributed by atoms with van der Waals surface area (Å²) in [5.41, 5.74) is -0.655. The van der Waals surface area contributed by atoms with E-state index >= 15 is 0 Å². The van der Waals surface area contributed by atoms with Crippen LogP contribution in [-0.4, -0.2) is 27.5 Å². The number of nitrogens with zero attached hydrogens (tertiary/aromatic N) is 2. The van der Waals surface area contributed by atoms with Crippen LogP contribution in [-0.2, 0) is 27.1 Å². The maximum Gasteiger partial charge on any atom is 0.416 e. The SMILES string of the molecule is O=C(Cn1c2c(sc1=O)[C@H](c1cccc(Cl)c1Cl)C1C(=O)N(c3cccc(C(F)(F)F)c3)C(=O)C1S2)Nc1ccc(F)cc1. The lowest BCUT2D eigenvalue weighted by atomic mass is 9.83. The van der Waals surface area contributed by atoms with E-state index in [-0.39, 0.29) is 26.4 Å². The number of amides is 3. The van der Waals surface area contributed by atoms with Crippen molar-refractivity contribution in [3.8, 4) is 0 Å². The van der Waals surface area contributed by atoms with Crippen LogP contribution in [0.5, 0.6) is 0 Å². The summed E-state index contributed by atoms with van der Waals surface area (Å²) in [6.07, 6.45) is -4.71. The predicted octanol–water partition coefficient (Wildman–Crippen LogP) is 6.81. The molecule has 1 fully saturated rings. The molecular formula is C29H17Cl2F4N3O4S2. The number of fused-ring (bicyclic) bond motifs is 2. The highest BCUT2D eigenvalue weighted by atomic mass is 35.5. The van der Waals surface area contributed by atoms with Gasteiger partial charge in [0.05, 0.1) is 32.2 Å². The lowest BCUT2D eigenvalue weighted by Gasteiger charge is -2.31. The Hall–Kier alpha value is -3.65. The van der Waals surface area contributed by atoms with Gasteiger partial charge in [0.15, 0.2) is 0 Å². The Bertz CT molecular complexity index is 1890. The van der Waals surface area contributed by atoms with Crippen LogP contribution in [0.4, 0.5) is 28.9 Å². The molecule has 3 aromatic carbocycles. The Morgan fingerprint density at radius 3 is 2.36 bits per heavy atom. The molecule has 0 aliphatic carbocycles. The van der Waals surface area contributed by atoms with Gasteiger partial charge in [0.25, 0.3) is 0 Å². The summed E-state index contributed by atoms with van der Waals surface area (Å²) in [5, 5.41) is 1.89. The third kappa shape index (κ3) is 5.31. The van der Waals surface area contributed by atoms with Crippen molar-refractivity contribution in [1.82, 2.24) is 4.57 Å². The van der Waals surface area contributed by atoms with E-state index in [1.54, 1.807) is 12.1 Å². The number of halogens is 6. The number of imide groups is 1. The van der Waals surface area contributed by atoms with Gasteiger partial charge in [-0.25, -0.2) is 9.29 Å². The summed E-state index contributed by atoms with van der Waals surface area (Å²) in [7, 11) is 0. The van der Waals surface area contributed by atoms with Gasteiger partial charge in [-0.2, -0.15) is 13.2 Å². The quantitative estimate of drug-likeness (QED) is 0.185. The number of hydrogen-bond acceptors (Lipinski definition) is 6. The molecule has 1 saturated heterocycles. The molecular weight excluding hydrogens is 665 g/mol. The highest BCUT2D eigenvalue weighted by Gasteiger charge is 2.57. The number of carbonyl (C=O) groups excluding carboxylic acids is 3. The van der Waals surface area contributed by atoms with Crippen LogP contribution in [0, 0.1) is 11.7 Å². The Balaban J connectivity index is 1.43. The number of anilines is 2. The lowest BCUT2D eigenvalue weighted by Crippen LogP contribution is -2.33. The van der Waals surface area contributed by atoms with Crippen LogP contribution < -0.4 is 15.1 Å². The third-order valence-electron chi connectivity index (χ3n) is 7.23. The van der Waals surface area contributed by atoms with Gasteiger partial charge in [-0.1, -0.05) is 64.5 Å². The fraction of sp³-hybridized carbons (Fsp3) is 0.172. The largest absolute Gasteiger partial charge is 0.416 e. The molecule has 15 heteroatoms. The van der Waals surface area contributed by atoms with E-state index in [0.717, 1.165) is 62.9 Å². The van der Waals surface area contributed by atoms with E-state index in [1.807, 2.05) is 0 Å². The molecule has 44 heavy (non-hydrogen) atoms. The predicted molar refractivity (Wildman–Crippen MR) is 159 cm³/mol. The van der Waals surface area contributed by atoms with Gasteiger partial charge in [-0.15, -0.1) is 0 Å². The Labute approximate surface area is 264 Å². The summed E-state index contributed by atoms with van der Waals surface area (Å²) in [4.78, 5) is 54.5. The molecule has 3 atom stereocenters. The van der Waals surface area contributed by atoms with Crippen LogP contribution in [0.1, 0.15) is 21.9 Å². The van der Waals surface area contributed by atoms with Gasteiger partial charge < -0.3 is 5.32 Å². The van der Waals surface area contributed by atoms with Crippen LogP contribution in [0.15, 0.2) is 76.6 Å². The van der Waals surface area contributed by atoms with E-state index in [4.69, 9.17) is 23.2 Å². The van der Waals surface area contributed by atoms with Gasteiger partial charge in [0, 0.05) is 16.5 Å². The second-order valence-electron chi connectivity index (χ2n) is 9.92. The molecule has 1 aromatic heterocycles. The zero-order valence-corrected chi connectivity index (χ0v) is 25.0. The monoisotopic (exact) mass is 681 g/mol. The molecule has 1 N–H and O–H groups in total. The van der Waals surface area contributed by atoms with Crippen molar-refractivity contribution >= 4 is 75.4 Å². The van der Waals surface area contributed by atoms with Crippen molar-refractivity contribution in [3.63, 3.8) is 0 Å². The molecule has 7 nitrogen and oxygen atoms in total. The fourth-order valence-electron chi connectivity index (χ4n) is 5.30. The van der Waals surface area contributed by atoms with E-state index in [0.29, 0.717) is 10.4 Å². The minimum atomic E-state index is -4.71. The molecule has 3 amide bonds. The Kier molecular flexibility index (Phi) is 7.85. The highest BCUT2D eigenvalue weighted by Crippen LogP contribution is 2.55. The van der Waals surface area contributed by atoms with Gasteiger partial charge in [-0.3, -0.25) is 23.7 Å². The summed E-state index contributed by atoms with van der Waals surface area (Å²) in [6, 6.07) is 13.6. The van der Waals surface area contributed by atoms with E-state index in [1.165, 1.54) is 24.3 Å². The smallest absolute Gasteiger partial charge is 0.325 e. The van der Waals surface area contributed by atoms with E-state index in [9.17, 15) is 36.7 Å². The topological polar surface area (TPSA) is 88.5 Å². The third-order valence-corrected chi connectivity index (χ3v) is 10.7. The molecule has 2 aliphatic rings. The number of thiazole rings is 1. The first kappa shape index (κ1) is 30.4. The number of benzene rings is 3. The Morgan fingerprint density at radius 1 is 0.955 bits per heavy atom. The second-order valence-corrected chi connectivity index (χ2v) is 12.8. The van der Waals surface area contributed by atoms with Gasteiger partial charge in [0.1, 0.15) is 17.6 Å². The molecule has 2 unspecified atom stereocenters. The van der Waals surface area contributed by atoms with Crippen LogP contribution in [0.2, 0.25) is 10.0 Å². The van der Waals surface area contributed by atoms with Crippen molar-refractivity contribution in [2.24, 2.45) is 5.92 Å². The van der Waals surface area contributed by atoms with E-state index < -0.39 is 63.8 Å². The number of rotatable bonds is 5. The molecule has 226 valence electrons. The number of thioether (sulfide) groups is 1. The van der Waals surface area contributed by atoms with Crippen LogP contribution >= 0.6 is 46.3 Å². The van der Waals surface area contributed by atoms with Crippen molar-refractivity contribution in [3.05, 3.63) is 108 Å². The van der Waals surface area contributed by atoms with Crippen molar-refractivity contribution in [2.45, 2.75) is 28.9 Å². The minimum absolute atomic E-state index is 0.0787. The summed E-state index contributed by atoms with van der Waals surface area (Å²) < 4.78 is 54.9. The van der Waals surface area contributed by atoms with Crippen molar-refractivity contribution in [1.29, 1.82) is 0 Å².